The second-order valence-electron chi connectivity index (χ2n) is 7.95. The van der Waals surface area contributed by atoms with E-state index in [1.807, 2.05) is 18.2 Å². The van der Waals surface area contributed by atoms with Gasteiger partial charge in [0.05, 0.1) is 17.8 Å². The molecule has 0 atom stereocenters. The number of hydrogen-bond acceptors (Lipinski definition) is 5. The predicted molar refractivity (Wildman–Crippen MR) is 132 cm³/mol. The molecule has 1 N–H and O–H groups in total. The first-order valence-electron chi connectivity index (χ1n) is 11.0. The first-order chi connectivity index (χ1) is 16.4. The van der Waals surface area contributed by atoms with Crippen molar-refractivity contribution in [3.8, 4) is 0 Å². The summed E-state index contributed by atoms with van der Waals surface area (Å²) in [5, 5.41) is 0.0542. The van der Waals surface area contributed by atoms with Gasteiger partial charge in [-0.1, -0.05) is 54.1 Å². The molecule has 9 heteroatoms. The van der Waals surface area contributed by atoms with Crippen LogP contribution in [0.1, 0.15) is 21.7 Å². The van der Waals surface area contributed by atoms with Gasteiger partial charge < -0.3 is 9.32 Å². The molecule has 2 heterocycles. The molecule has 4 rings (SSSR count). The van der Waals surface area contributed by atoms with Gasteiger partial charge in [-0.3, -0.25) is 9.69 Å². The number of carbonyl (C=O) groups is 1. The Morgan fingerprint density at radius 3 is 2.50 bits per heavy atom. The molecule has 1 aromatic heterocycles. The van der Waals surface area contributed by atoms with Gasteiger partial charge in [0.1, 0.15) is 10.7 Å². The van der Waals surface area contributed by atoms with Crippen molar-refractivity contribution < 1.29 is 17.6 Å². The van der Waals surface area contributed by atoms with Crippen molar-refractivity contribution in [2.24, 2.45) is 0 Å². The van der Waals surface area contributed by atoms with Crippen LogP contribution in [0.4, 0.5) is 0 Å². The van der Waals surface area contributed by atoms with Gasteiger partial charge in [-0.25, -0.2) is 13.1 Å². The van der Waals surface area contributed by atoms with E-state index in [0.29, 0.717) is 24.4 Å². The van der Waals surface area contributed by atoms with Crippen LogP contribution in [0.2, 0.25) is 5.02 Å². The van der Waals surface area contributed by atoms with Gasteiger partial charge in [-0.05, 0) is 35.9 Å². The molecule has 1 saturated heterocycles. The number of carbonyl (C=O) groups excluding carboxylic acids is 1. The second-order valence-corrected chi connectivity index (χ2v) is 10.1. The van der Waals surface area contributed by atoms with Crippen molar-refractivity contribution in [1.29, 1.82) is 0 Å². The number of furan rings is 1. The van der Waals surface area contributed by atoms with Crippen LogP contribution in [0.15, 0.2) is 82.3 Å². The zero-order valence-electron chi connectivity index (χ0n) is 18.6. The monoisotopic (exact) mass is 499 g/mol. The van der Waals surface area contributed by atoms with Gasteiger partial charge in [-0.2, -0.15) is 0 Å². The summed E-state index contributed by atoms with van der Waals surface area (Å²) < 4.78 is 33.2. The van der Waals surface area contributed by atoms with Crippen molar-refractivity contribution in [3.05, 3.63) is 94.9 Å². The van der Waals surface area contributed by atoms with Gasteiger partial charge in [0, 0.05) is 38.3 Å². The lowest BCUT2D eigenvalue weighted by molar-refractivity contribution is 0.0650. The van der Waals surface area contributed by atoms with Gasteiger partial charge in [0.25, 0.3) is 5.91 Å². The van der Waals surface area contributed by atoms with Crippen LogP contribution in [-0.4, -0.2) is 56.8 Å². The van der Waals surface area contributed by atoms with E-state index in [1.165, 1.54) is 18.4 Å². The van der Waals surface area contributed by atoms with Crippen LogP contribution < -0.4 is 4.72 Å². The van der Waals surface area contributed by atoms with E-state index < -0.39 is 10.0 Å². The molecule has 1 fully saturated rings. The van der Waals surface area contributed by atoms with Crippen LogP contribution in [0.5, 0.6) is 0 Å². The summed E-state index contributed by atoms with van der Waals surface area (Å²) in [7, 11) is -3.92. The smallest absolute Gasteiger partial charge is 0.253 e. The van der Waals surface area contributed by atoms with Crippen LogP contribution in [0, 0.1) is 0 Å². The fourth-order valence-corrected chi connectivity index (χ4v) is 5.23. The van der Waals surface area contributed by atoms with E-state index in [1.54, 1.807) is 23.1 Å². The highest BCUT2D eigenvalue weighted by Crippen LogP contribution is 2.24. The van der Waals surface area contributed by atoms with E-state index in [9.17, 15) is 13.2 Å². The average Bonchev–Trinajstić information content (AvgIpc) is 3.38. The van der Waals surface area contributed by atoms with Gasteiger partial charge in [0.2, 0.25) is 10.0 Å². The third-order valence-corrected chi connectivity index (χ3v) is 7.50. The Kier molecular flexibility index (Phi) is 7.84. The highest BCUT2D eigenvalue weighted by molar-refractivity contribution is 7.89. The molecule has 0 aliphatic carbocycles. The maximum atomic E-state index is 13.1. The summed E-state index contributed by atoms with van der Waals surface area (Å²) in [6, 6.07) is 17.8. The van der Waals surface area contributed by atoms with Crippen molar-refractivity contribution in [1.82, 2.24) is 14.5 Å². The van der Waals surface area contributed by atoms with Gasteiger partial charge in [0.15, 0.2) is 0 Å². The third kappa shape index (κ3) is 6.15. The summed E-state index contributed by atoms with van der Waals surface area (Å²) in [5.74, 6) is 0.266. The lowest BCUT2D eigenvalue weighted by Gasteiger charge is -2.34. The number of rotatable bonds is 8. The fourth-order valence-electron chi connectivity index (χ4n) is 3.72. The van der Waals surface area contributed by atoms with Crippen LogP contribution in [-0.2, 0) is 16.6 Å². The standard InChI is InChI=1S/C25H26ClN3O4S/c26-23-11-10-21(18-24(23)34(31,32)27-19-22-9-5-17-33-22)25(30)29-15-13-28(14-16-29)12-4-8-20-6-2-1-3-7-20/h1-11,17-18,27H,12-16,19H2/b8-4+. The minimum Gasteiger partial charge on any atom is -0.468 e. The van der Waals surface area contributed by atoms with Crippen molar-refractivity contribution in [2.45, 2.75) is 11.4 Å². The number of hydrogen-bond donors (Lipinski definition) is 1. The van der Waals surface area contributed by atoms with Crippen LogP contribution in [0.25, 0.3) is 6.08 Å². The van der Waals surface area contributed by atoms with Crippen LogP contribution in [0.3, 0.4) is 0 Å². The first kappa shape index (κ1) is 24.2. The Balaban J connectivity index is 1.35. The maximum absolute atomic E-state index is 13.1. The lowest BCUT2D eigenvalue weighted by atomic mass is 10.1. The third-order valence-electron chi connectivity index (χ3n) is 5.62. The molecular weight excluding hydrogens is 474 g/mol. The van der Waals surface area contributed by atoms with E-state index >= 15 is 0 Å². The van der Waals surface area contributed by atoms with Crippen molar-refractivity contribution >= 4 is 33.6 Å². The summed E-state index contributed by atoms with van der Waals surface area (Å²) in [5.41, 5.74) is 1.45. The summed E-state index contributed by atoms with van der Waals surface area (Å²) in [6.07, 6.45) is 5.68. The topological polar surface area (TPSA) is 82.9 Å². The molecular formula is C25H26ClN3O4S. The number of nitrogens with one attached hydrogen (secondary N) is 1. The molecule has 178 valence electrons. The minimum absolute atomic E-state index is 0.00941. The SMILES string of the molecule is O=C(c1ccc(Cl)c(S(=O)(=O)NCc2ccco2)c1)N1CCN(C/C=C/c2ccccc2)CC1. The molecule has 1 aliphatic heterocycles. The van der Waals surface area contributed by atoms with E-state index in [-0.39, 0.29) is 22.4 Å². The minimum atomic E-state index is -3.92. The molecule has 0 radical (unpaired) electrons. The second kappa shape index (κ2) is 11.0. The normalized spacial score (nSPS) is 15.1. The Bertz CT molecular complexity index is 1240. The Labute approximate surface area is 204 Å². The molecule has 34 heavy (non-hydrogen) atoms. The molecule has 0 spiro atoms. The molecule has 0 saturated carbocycles. The average molecular weight is 500 g/mol. The first-order valence-corrected chi connectivity index (χ1v) is 12.8. The number of halogens is 1. The largest absolute Gasteiger partial charge is 0.468 e. The van der Waals surface area contributed by atoms with Crippen molar-refractivity contribution in [2.75, 3.05) is 32.7 Å². The van der Waals surface area contributed by atoms with E-state index in [0.717, 1.165) is 25.2 Å². The van der Waals surface area contributed by atoms with Gasteiger partial charge >= 0.3 is 0 Å². The van der Waals surface area contributed by atoms with E-state index in [2.05, 4.69) is 33.9 Å². The number of sulfonamides is 1. The molecule has 2 aromatic carbocycles. The highest BCUT2D eigenvalue weighted by atomic mass is 35.5. The quantitative estimate of drug-likeness (QED) is 0.508. The molecule has 7 nitrogen and oxygen atoms in total. The Morgan fingerprint density at radius 1 is 1.03 bits per heavy atom. The Morgan fingerprint density at radius 2 is 1.79 bits per heavy atom. The summed E-state index contributed by atoms with van der Waals surface area (Å²) >= 11 is 6.16. The zero-order valence-corrected chi connectivity index (χ0v) is 20.1. The number of nitrogens with zero attached hydrogens (tertiary/aromatic N) is 2. The number of amides is 1. The fraction of sp³-hybridized carbons (Fsp3) is 0.240. The highest BCUT2D eigenvalue weighted by Gasteiger charge is 2.25. The molecule has 1 amide bonds. The van der Waals surface area contributed by atoms with Crippen LogP contribution >= 0.6 is 11.6 Å². The summed E-state index contributed by atoms with van der Waals surface area (Å²) in [6.45, 7) is 3.42. The molecule has 0 bridgehead atoms. The van der Waals surface area contributed by atoms with Gasteiger partial charge in [-0.15, -0.1) is 0 Å². The number of piperazine rings is 1. The molecule has 3 aromatic rings. The lowest BCUT2D eigenvalue weighted by Crippen LogP contribution is -2.48. The predicted octanol–water partition coefficient (Wildman–Crippen LogP) is 3.88. The number of benzene rings is 2. The summed E-state index contributed by atoms with van der Waals surface area (Å²) in [4.78, 5) is 17.0. The Hall–Kier alpha value is -2.91. The molecule has 1 aliphatic rings. The van der Waals surface area contributed by atoms with E-state index in [4.69, 9.17) is 16.0 Å². The zero-order chi connectivity index (χ0) is 24.0. The molecule has 0 unspecified atom stereocenters. The van der Waals surface area contributed by atoms with Crippen molar-refractivity contribution in [3.63, 3.8) is 0 Å². The maximum Gasteiger partial charge on any atom is 0.253 e.